The molecule has 3 rings (SSSR count). The number of benzene rings is 1. The van der Waals surface area contributed by atoms with Crippen molar-refractivity contribution in [1.82, 2.24) is 10.2 Å². The van der Waals surface area contributed by atoms with Crippen molar-refractivity contribution in [2.45, 2.75) is 18.5 Å². The molecule has 0 aromatic heterocycles. The first kappa shape index (κ1) is 17.5. The normalized spacial score (nSPS) is 31.4. The predicted octanol–water partition coefficient (Wildman–Crippen LogP) is -0.00480. The zero-order valence-electron chi connectivity index (χ0n) is 13.9. The fourth-order valence-electron chi connectivity index (χ4n) is 3.95. The van der Waals surface area contributed by atoms with Crippen molar-refractivity contribution in [1.29, 1.82) is 0 Å². The number of amides is 2. The molecule has 4 atom stereocenters. The average molecular weight is 350 g/mol. The molecule has 0 saturated carbocycles. The first-order chi connectivity index (χ1) is 11.9. The lowest BCUT2D eigenvalue weighted by Crippen LogP contribution is -2.58. The maximum Gasteiger partial charge on any atom is 0.329 e. The molecular weight excluding hydrogens is 331 g/mol. The summed E-state index contributed by atoms with van der Waals surface area (Å²) in [5.74, 6) is -4.62. The predicted molar refractivity (Wildman–Crippen MR) is 83.5 cm³/mol. The number of likely N-dealkylation sites (tertiary alicyclic amines) is 1. The van der Waals surface area contributed by atoms with Crippen molar-refractivity contribution >= 4 is 17.8 Å². The van der Waals surface area contributed by atoms with Gasteiger partial charge in [-0.05, 0) is 13.0 Å². The van der Waals surface area contributed by atoms with Crippen LogP contribution in [0.15, 0.2) is 24.3 Å². The molecule has 0 spiro atoms. The quantitative estimate of drug-likeness (QED) is 0.586. The molecule has 2 aliphatic rings. The smallest absolute Gasteiger partial charge is 0.329 e. The van der Waals surface area contributed by atoms with Gasteiger partial charge in [-0.25, -0.2) is 9.18 Å². The van der Waals surface area contributed by atoms with E-state index in [0.29, 0.717) is 0 Å². The lowest BCUT2D eigenvalue weighted by atomic mass is 9.79. The van der Waals surface area contributed by atoms with Gasteiger partial charge >= 0.3 is 5.97 Å². The molecule has 2 N–H and O–H groups in total. The Hall–Kier alpha value is -2.32. The van der Waals surface area contributed by atoms with Crippen molar-refractivity contribution in [2.75, 3.05) is 20.3 Å². The fraction of sp³-hybridized carbons (Fsp3) is 0.471. The highest BCUT2D eigenvalue weighted by molar-refractivity contribution is 6.09. The van der Waals surface area contributed by atoms with E-state index >= 15 is 0 Å². The summed E-state index contributed by atoms with van der Waals surface area (Å²) < 4.78 is 19.1. The van der Waals surface area contributed by atoms with Gasteiger partial charge in [0.25, 0.3) is 0 Å². The number of ether oxygens (including phenoxy) is 1. The van der Waals surface area contributed by atoms with Gasteiger partial charge in [-0.2, -0.15) is 0 Å². The van der Waals surface area contributed by atoms with Crippen LogP contribution in [0.3, 0.4) is 0 Å². The highest BCUT2D eigenvalue weighted by atomic mass is 19.1. The molecule has 2 amide bonds. The Kier molecular flexibility index (Phi) is 4.34. The molecule has 2 saturated heterocycles. The molecule has 134 valence electrons. The van der Waals surface area contributed by atoms with Crippen LogP contribution in [0.25, 0.3) is 0 Å². The van der Waals surface area contributed by atoms with Gasteiger partial charge in [-0.3, -0.25) is 19.8 Å². The second-order valence-corrected chi connectivity index (χ2v) is 6.19. The Morgan fingerprint density at radius 1 is 1.36 bits per heavy atom. The summed E-state index contributed by atoms with van der Waals surface area (Å²) in [6.45, 7) is 1.03. The second kappa shape index (κ2) is 6.20. The van der Waals surface area contributed by atoms with E-state index in [0.717, 1.165) is 12.0 Å². The van der Waals surface area contributed by atoms with Crippen molar-refractivity contribution < 1.29 is 28.6 Å². The molecule has 7 nitrogen and oxygen atoms in total. The number of fused-ring (bicyclic) bond motifs is 1. The molecule has 0 bridgehead atoms. The lowest BCUT2D eigenvalue weighted by molar-refractivity contribution is -0.156. The summed E-state index contributed by atoms with van der Waals surface area (Å²) >= 11 is 0. The Bertz CT molecular complexity index is 740. The standard InChI is InChI=1S/C17H19FN2O5/c1-3-20-14(22)11-12(15(20)23)17(8-21,16(24)25-2)19-13(11)9-6-4-5-7-10(9)18/h4-7,11-13,19,21H,3,8H2,1-2H3/t11-,12-,13+,17+/m0/s1. The molecular formula is C17H19FN2O5. The first-order valence-corrected chi connectivity index (χ1v) is 7.99. The van der Waals surface area contributed by atoms with E-state index in [-0.39, 0.29) is 12.1 Å². The van der Waals surface area contributed by atoms with Gasteiger partial charge in [-0.1, -0.05) is 18.2 Å². The number of nitrogens with one attached hydrogen (secondary N) is 1. The van der Waals surface area contributed by atoms with Gasteiger partial charge < -0.3 is 9.84 Å². The van der Waals surface area contributed by atoms with Crippen LogP contribution in [-0.2, 0) is 19.1 Å². The van der Waals surface area contributed by atoms with E-state index in [1.54, 1.807) is 13.0 Å². The van der Waals surface area contributed by atoms with Gasteiger partial charge in [-0.15, -0.1) is 0 Å². The SMILES string of the molecule is CCN1C(=O)[C@@H]2[C@@H](c3ccccc3F)N[C@@](CO)(C(=O)OC)[C@@H]2C1=O. The summed E-state index contributed by atoms with van der Waals surface area (Å²) in [4.78, 5) is 38.9. The number of rotatable bonds is 4. The number of hydrogen-bond donors (Lipinski definition) is 2. The lowest BCUT2D eigenvalue weighted by Gasteiger charge is -2.30. The molecule has 1 aromatic carbocycles. The molecule has 0 aliphatic carbocycles. The van der Waals surface area contributed by atoms with Crippen LogP contribution in [0.2, 0.25) is 0 Å². The number of esters is 1. The molecule has 1 aromatic rings. The van der Waals surface area contributed by atoms with Gasteiger partial charge in [0.1, 0.15) is 5.82 Å². The molecule has 8 heteroatoms. The molecule has 0 radical (unpaired) electrons. The number of nitrogens with zero attached hydrogens (tertiary/aromatic N) is 1. The zero-order chi connectivity index (χ0) is 18.4. The topological polar surface area (TPSA) is 95.9 Å². The largest absolute Gasteiger partial charge is 0.468 e. The van der Waals surface area contributed by atoms with E-state index < -0.39 is 53.6 Å². The summed E-state index contributed by atoms with van der Waals surface area (Å²) in [6.07, 6.45) is 0. The third kappa shape index (κ3) is 2.28. The number of hydrogen-bond acceptors (Lipinski definition) is 6. The van der Waals surface area contributed by atoms with Crippen LogP contribution in [0.4, 0.5) is 4.39 Å². The minimum absolute atomic E-state index is 0.136. The van der Waals surface area contributed by atoms with Gasteiger partial charge in [0.2, 0.25) is 11.8 Å². The van der Waals surface area contributed by atoms with Crippen molar-refractivity contribution in [3.63, 3.8) is 0 Å². The minimum Gasteiger partial charge on any atom is -0.468 e. The molecule has 2 fully saturated rings. The highest BCUT2D eigenvalue weighted by Gasteiger charge is 2.68. The molecule has 25 heavy (non-hydrogen) atoms. The van der Waals surface area contributed by atoms with Gasteiger partial charge in [0, 0.05) is 18.2 Å². The van der Waals surface area contributed by atoms with Crippen LogP contribution in [-0.4, -0.2) is 53.6 Å². The number of carbonyl (C=O) groups is 3. The number of imide groups is 1. The second-order valence-electron chi connectivity index (χ2n) is 6.19. The van der Waals surface area contributed by atoms with E-state index in [9.17, 15) is 23.9 Å². The number of halogens is 1. The van der Waals surface area contributed by atoms with E-state index in [1.807, 2.05) is 0 Å². The maximum atomic E-state index is 14.3. The van der Waals surface area contributed by atoms with Crippen LogP contribution in [0.1, 0.15) is 18.5 Å². The zero-order valence-corrected chi connectivity index (χ0v) is 13.9. The Labute approximate surface area is 143 Å². The summed E-state index contributed by atoms with van der Waals surface area (Å²) in [5.41, 5.74) is -1.63. The number of aliphatic hydroxyl groups excluding tert-OH is 1. The van der Waals surface area contributed by atoms with E-state index in [1.165, 1.54) is 18.2 Å². The molecule has 0 unspecified atom stereocenters. The van der Waals surface area contributed by atoms with E-state index in [4.69, 9.17) is 4.74 Å². The summed E-state index contributed by atoms with van der Waals surface area (Å²) in [6, 6.07) is 4.91. The van der Waals surface area contributed by atoms with Crippen LogP contribution in [0, 0.1) is 17.7 Å². The third-order valence-electron chi connectivity index (χ3n) is 5.10. The number of carbonyl (C=O) groups excluding carboxylic acids is 3. The van der Waals surface area contributed by atoms with Crippen LogP contribution in [0.5, 0.6) is 0 Å². The van der Waals surface area contributed by atoms with Crippen molar-refractivity contribution in [3.05, 3.63) is 35.6 Å². The monoisotopic (exact) mass is 350 g/mol. The maximum absolute atomic E-state index is 14.3. The summed E-state index contributed by atoms with van der Waals surface area (Å²) in [5, 5.41) is 12.8. The highest BCUT2D eigenvalue weighted by Crippen LogP contribution is 2.49. The number of methoxy groups -OCH3 is 1. The Morgan fingerprint density at radius 2 is 2.04 bits per heavy atom. The van der Waals surface area contributed by atoms with Crippen molar-refractivity contribution in [3.8, 4) is 0 Å². The first-order valence-electron chi connectivity index (χ1n) is 7.99. The average Bonchev–Trinajstić information content (AvgIpc) is 3.09. The Balaban J connectivity index is 2.17. The van der Waals surface area contributed by atoms with Crippen LogP contribution < -0.4 is 5.32 Å². The molecule has 2 heterocycles. The third-order valence-corrected chi connectivity index (χ3v) is 5.10. The van der Waals surface area contributed by atoms with E-state index in [2.05, 4.69) is 5.32 Å². The number of aliphatic hydroxyl groups is 1. The van der Waals surface area contributed by atoms with Gasteiger partial charge in [0.05, 0.1) is 25.6 Å². The fourth-order valence-corrected chi connectivity index (χ4v) is 3.95. The van der Waals surface area contributed by atoms with Crippen LogP contribution >= 0.6 is 0 Å². The Morgan fingerprint density at radius 3 is 2.60 bits per heavy atom. The van der Waals surface area contributed by atoms with Gasteiger partial charge in [0.15, 0.2) is 5.54 Å². The minimum atomic E-state index is -1.79. The van der Waals surface area contributed by atoms with Crippen molar-refractivity contribution in [2.24, 2.45) is 11.8 Å². The molecule has 2 aliphatic heterocycles. The summed E-state index contributed by atoms with van der Waals surface area (Å²) in [7, 11) is 1.13.